The Morgan fingerprint density at radius 3 is 2.59 bits per heavy atom. The van der Waals surface area contributed by atoms with Gasteiger partial charge in [-0.25, -0.2) is 0 Å². The quantitative estimate of drug-likeness (QED) is 0.746. The van der Waals surface area contributed by atoms with Gasteiger partial charge in [-0.2, -0.15) is 0 Å². The molecular formula is C15H30N2. The zero-order valence-corrected chi connectivity index (χ0v) is 11.7. The van der Waals surface area contributed by atoms with Gasteiger partial charge in [0.25, 0.3) is 0 Å². The Balaban J connectivity index is 1.73. The molecule has 0 amide bonds. The van der Waals surface area contributed by atoms with Crippen LogP contribution in [0.1, 0.15) is 58.8 Å². The van der Waals surface area contributed by atoms with Crippen molar-refractivity contribution in [3.8, 4) is 0 Å². The summed E-state index contributed by atoms with van der Waals surface area (Å²) >= 11 is 0. The van der Waals surface area contributed by atoms with Crippen LogP contribution in [0.2, 0.25) is 0 Å². The first-order valence-corrected chi connectivity index (χ1v) is 7.62. The maximum Gasteiger partial charge on any atom is 0.00993 e. The predicted octanol–water partition coefficient (Wildman–Crippen LogP) is 2.92. The molecule has 2 unspecified atom stereocenters. The SMILES string of the molecule is CCCC1CC1NCC1(CN)CCC(C)CC1. The molecule has 0 radical (unpaired) electrons. The summed E-state index contributed by atoms with van der Waals surface area (Å²) in [5.41, 5.74) is 6.47. The van der Waals surface area contributed by atoms with Gasteiger partial charge in [-0.05, 0) is 49.5 Å². The summed E-state index contributed by atoms with van der Waals surface area (Å²) in [4.78, 5) is 0. The second-order valence-electron chi connectivity index (χ2n) is 6.66. The minimum absolute atomic E-state index is 0.422. The van der Waals surface area contributed by atoms with Crippen molar-refractivity contribution in [1.29, 1.82) is 0 Å². The van der Waals surface area contributed by atoms with Crippen LogP contribution in [0.5, 0.6) is 0 Å². The second kappa shape index (κ2) is 5.71. The van der Waals surface area contributed by atoms with Gasteiger partial charge in [-0.3, -0.25) is 0 Å². The zero-order valence-electron chi connectivity index (χ0n) is 11.7. The minimum Gasteiger partial charge on any atom is -0.330 e. The Morgan fingerprint density at radius 1 is 1.29 bits per heavy atom. The van der Waals surface area contributed by atoms with E-state index in [0.717, 1.165) is 24.4 Å². The molecule has 0 spiro atoms. The number of rotatable bonds is 6. The topological polar surface area (TPSA) is 38.0 Å². The highest BCUT2D eigenvalue weighted by molar-refractivity contribution is 4.96. The van der Waals surface area contributed by atoms with Crippen molar-refractivity contribution in [1.82, 2.24) is 5.32 Å². The highest BCUT2D eigenvalue weighted by Crippen LogP contribution is 2.40. The molecule has 0 bridgehead atoms. The zero-order chi connectivity index (χ0) is 12.3. The van der Waals surface area contributed by atoms with Crippen molar-refractivity contribution < 1.29 is 0 Å². The molecule has 2 rings (SSSR count). The van der Waals surface area contributed by atoms with Crippen LogP contribution in [-0.4, -0.2) is 19.1 Å². The smallest absolute Gasteiger partial charge is 0.00993 e. The molecule has 3 N–H and O–H groups in total. The second-order valence-corrected chi connectivity index (χ2v) is 6.66. The molecular weight excluding hydrogens is 208 g/mol. The first kappa shape index (κ1) is 13.4. The molecule has 0 aromatic heterocycles. The molecule has 0 aromatic rings. The molecule has 2 aliphatic rings. The van der Waals surface area contributed by atoms with Crippen LogP contribution in [0.3, 0.4) is 0 Å². The molecule has 0 heterocycles. The monoisotopic (exact) mass is 238 g/mol. The van der Waals surface area contributed by atoms with Crippen molar-refractivity contribution in [2.75, 3.05) is 13.1 Å². The van der Waals surface area contributed by atoms with Gasteiger partial charge in [-0.15, -0.1) is 0 Å². The van der Waals surface area contributed by atoms with E-state index in [1.807, 2.05) is 0 Å². The van der Waals surface area contributed by atoms with Crippen molar-refractivity contribution in [3.63, 3.8) is 0 Å². The van der Waals surface area contributed by atoms with Gasteiger partial charge in [0.15, 0.2) is 0 Å². The van der Waals surface area contributed by atoms with Crippen LogP contribution >= 0.6 is 0 Å². The summed E-state index contributed by atoms with van der Waals surface area (Å²) in [6.07, 6.45) is 9.58. The summed E-state index contributed by atoms with van der Waals surface area (Å²) < 4.78 is 0. The van der Waals surface area contributed by atoms with Crippen LogP contribution in [-0.2, 0) is 0 Å². The third kappa shape index (κ3) is 3.45. The number of hydrogen-bond donors (Lipinski definition) is 2. The fourth-order valence-electron chi connectivity index (χ4n) is 3.36. The molecule has 2 nitrogen and oxygen atoms in total. The summed E-state index contributed by atoms with van der Waals surface area (Å²) in [6.45, 7) is 6.71. The third-order valence-corrected chi connectivity index (χ3v) is 5.09. The first-order valence-electron chi connectivity index (χ1n) is 7.62. The van der Waals surface area contributed by atoms with E-state index in [9.17, 15) is 0 Å². The van der Waals surface area contributed by atoms with Gasteiger partial charge >= 0.3 is 0 Å². The van der Waals surface area contributed by atoms with Crippen LogP contribution < -0.4 is 11.1 Å². The number of nitrogens with two attached hydrogens (primary N) is 1. The lowest BCUT2D eigenvalue weighted by molar-refractivity contribution is 0.158. The summed E-state index contributed by atoms with van der Waals surface area (Å²) in [5, 5.41) is 3.79. The van der Waals surface area contributed by atoms with Gasteiger partial charge in [0.05, 0.1) is 0 Å². The molecule has 0 saturated heterocycles. The molecule has 2 heteroatoms. The van der Waals surface area contributed by atoms with E-state index in [-0.39, 0.29) is 0 Å². The van der Waals surface area contributed by atoms with E-state index in [4.69, 9.17) is 5.73 Å². The van der Waals surface area contributed by atoms with Crippen LogP contribution in [0.15, 0.2) is 0 Å². The Morgan fingerprint density at radius 2 is 2.00 bits per heavy atom. The van der Waals surface area contributed by atoms with Gasteiger partial charge < -0.3 is 11.1 Å². The number of hydrogen-bond acceptors (Lipinski definition) is 2. The maximum absolute atomic E-state index is 6.04. The number of nitrogens with one attached hydrogen (secondary N) is 1. The van der Waals surface area contributed by atoms with Gasteiger partial charge in [0.1, 0.15) is 0 Å². The van der Waals surface area contributed by atoms with Crippen molar-refractivity contribution >= 4 is 0 Å². The molecule has 2 saturated carbocycles. The van der Waals surface area contributed by atoms with Crippen molar-refractivity contribution in [2.24, 2.45) is 23.0 Å². The first-order chi connectivity index (χ1) is 8.19. The molecule has 2 atom stereocenters. The van der Waals surface area contributed by atoms with Gasteiger partial charge in [-0.1, -0.05) is 33.1 Å². The van der Waals surface area contributed by atoms with Crippen molar-refractivity contribution in [3.05, 3.63) is 0 Å². The van der Waals surface area contributed by atoms with Crippen molar-refractivity contribution in [2.45, 2.75) is 64.8 Å². The summed E-state index contributed by atoms with van der Waals surface area (Å²) in [7, 11) is 0. The summed E-state index contributed by atoms with van der Waals surface area (Å²) in [6, 6.07) is 0.817. The maximum atomic E-state index is 6.04. The Labute approximate surface area is 107 Å². The average Bonchev–Trinajstić information content (AvgIpc) is 3.08. The highest BCUT2D eigenvalue weighted by Gasteiger charge is 2.39. The van der Waals surface area contributed by atoms with E-state index >= 15 is 0 Å². The Kier molecular flexibility index (Phi) is 4.48. The van der Waals surface area contributed by atoms with Crippen LogP contribution in [0.4, 0.5) is 0 Å². The van der Waals surface area contributed by atoms with E-state index in [1.165, 1.54) is 51.5 Å². The fourth-order valence-corrected chi connectivity index (χ4v) is 3.36. The van der Waals surface area contributed by atoms with Gasteiger partial charge in [0, 0.05) is 12.6 Å². The molecule has 0 aliphatic heterocycles. The third-order valence-electron chi connectivity index (χ3n) is 5.09. The molecule has 2 aliphatic carbocycles. The Bertz CT molecular complexity index is 231. The summed E-state index contributed by atoms with van der Waals surface area (Å²) in [5.74, 6) is 1.89. The standard InChI is InChI=1S/C15H30N2/c1-3-4-13-9-14(13)17-11-15(10-16)7-5-12(2)6-8-15/h12-14,17H,3-11,16H2,1-2H3. The molecule has 2 fully saturated rings. The molecule has 0 aromatic carbocycles. The van der Waals surface area contributed by atoms with E-state index < -0.39 is 0 Å². The fraction of sp³-hybridized carbons (Fsp3) is 1.00. The van der Waals surface area contributed by atoms with E-state index in [2.05, 4.69) is 19.2 Å². The Hall–Kier alpha value is -0.0800. The molecule has 100 valence electrons. The average molecular weight is 238 g/mol. The normalized spacial score (nSPS) is 41.5. The van der Waals surface area contributed by atoms with E-state index in [1.54, 1.807) is 0 Å². The van der Waals surface area contributed by atoms with Crippen LogP contribution in [0, 0.1) is 17.3 Å². The van der Waals surface area contributed by atoms with Gasteiger partial charge in [0.2, 0.25) is 0 Å². The predicted molar refractivity (Wildman–Crippen MR) is 73.9 cm³/mol. The van der Waals surface area contributed by atoms with Crippen LogP contribution in [0.25, 0.3) is 0 Å². The minimum atomic E-state index is 0.422. The lowest BCUT2D eigenvalue weighted by Gasteiger charge is -2.39. The largest absolute Gasteiger partial charge is 0.330 e. The molecule has 17 heavy (non-hydrogen) atoms. The highest BCUT2D eigenvalue weighted by atomic mass is 15.0. The lowest BCUT2D eigenvalue weighted by atomic mass is 9.71. The lowest BCUT2D eigenvalue weighted by Crippen LogP contribution is -2.43. The van der Waals surface area contributed by atoms with E-state index in [0.29, 0.717) is 5.41 Å².